The summed E-state index contributed by atoms with van der Waals surface area (Å²) in [7, 11) is 1.85. The van der Waals surface area contributed by atoms with Gasteiger partial charge in [0.15, 0.2) is 0 Å². The lowest BCUT2D eigenvalue weighted by molar-refractivity contribution is 1.07. The molecule has 0 heterocycles. The Balaban J connectivity index is 3.13. The first-order valence-electron chi connectivity index (χ1n) is 3.44. The third-order valence-electron chi connectivity index (χ3n) is 1.59. The van der Waals surface area contributed by atoms with Crippen molar-refractivity contribution in [3.8, 4) is 0 Å². The lowest BCUT2D eigenvalue weighted by atomic mass is 10.2. The SMILES string of the molecule is CNc1cccc(Cl)c1CN. The summed E-state index contributed by atoms with van der Waals surface area (Å²) >= 11 is 5.89. The van der Waals surface area contributed by atoms with E-state index in [1.165, 1.54) is 0 Å². The number of anilines is 1. The second-order valence-electron chi connectivity index (χ2n) is 2.22. The number of nitrogens with one attached hydrogen (secondary N) is 1. The molecule has 11 heavy (non-hydrogen) atoms. The van der Waals surface area contributed by atoms with Crippen molar-refractivity contribution >= 4 is 17.3 Å². The Morgan fingerprint density at radius 2 is 2.27 bits per heavy atom. The highest BCUT2D eigenvalue weighted by molar-refractivity contribution is 6.31. The van der Waals surface area contributed by atoms with Gasteiger partial charge in [-0.15, -0.1) is 0 Å². The predicted molar refractivity (Wildman–Crippen MR) is 48.9 cm³/mol. The molecule has 0 fully saturated rings. The van der Waals surface area contributed by atoms with Crippen molar-refractivity contribution in [1.29, 1.82) is 0 Å². The zero-order valence-electron chi connectivity index (χ0n) is 6.39. The molecule has 0 unspecified atom stereocenters. The maximum absolute atomic E-state index is 5.89. The highest BCUT2D eigenvalue weighted by Gasteiger charge is 2.01. The van der Waals surface area contributed by atoms with Crippen molar-refractivity contribution in [2.75, 3.05) is 12.4 Å². The summed E-state index contributed by atoms with van der Waals surface area (Å²) in [6.07, 6.45) is 0. The van der Waals surface area contributed by atoms with Gasteiger partial charge in [0.2, 0.25) is 0 Å². The van der Waals surface area contributed by atoms with Crippen molar-refractivity contribution in [3.05, 3.63) is 28.8 Å². The molecule has 0 radical (unpaired) electrons. The quantitative estimate of drug-likeness (QED) is 0.711. The monoisotopic (exact) mass is 170 g/mol. The average molecular weight is 171 g/mol. The van der Waals surface area contributed by atoms with Gasteiger partial charge in [0.25, 0.3) is 0 Å². The molecule has 0 aliphatic carbocycles. The van der Waals surface area contributed by atoms with E-state index in [4.69, 9.17) is 17.3 Å². The highest BCUT2D eigenvalue weighted by atomic mass is 35.5. The van der Waals surface area contributed by atoms with Crippen molar-refractivity contribution < 1.29 is 0 Å². The number of hydrogen-bond acceptors (Lipinski definition) is 2. The molecule has 0 aromatic heterocycles. The number of hydrogen-bond donors (Lipinski definition) is 2. The fourth-order valence-electron chi connectivity index (χ4n) is 1.00. The lowest BCUT2D eigenvalue weighted by Gasteiger charge is -2.07. The van der Waals surface area contributed by atoms with Crippen molar-refractivity contribution in [2.45, 2.75) is 6.54 Å². The van der Waals surface area contributed by atoms with E-state index in [1.807, 2.05) is 25.2 Å². The molecule has 0 amide bonds. The van der Waals surface area contributed by atoms with Gasteiger partial charge in [-0.25, -0.2) is 0 Å². The molecule has 3 heteroatoms. The van der Waals surface area contributed by atoms with Gasteiger partial charge in [-0.3, -0.25) is 0 Å². The Kier molecular flexibility index (Phi) is 2.74. The Labute approximate surface area is 71.4 Å². The fourth-order valence-corrected chi connectivity index (χ4v) is 1.25. The Morgan fingerprint density at radius 1 is 1.55 bits per heavy atom. The van der Waals surface area contributed by atoms with E-state index in [2.05, 4.69) is 5.32 Å². The van der Waals surface area contributed by atoms with Crippen LogP contribution in [0.3, 0.4) is 0 Å². The van der Waals surface area contributed by atoms with Crippen LogP contribution >= 0.6 is 11.6 Å². The molecule has 0 saturated heterocycles. The van der Waals surface area contributed by atoms with Crippen LogP contribution in [-0.2, 0) is 6.54 Å². The van der Waals surface area contributed by atoms with Crippen LogP contribution in [0, 0.1) is 0 Å². The predicted octanol–water partition coefficient (Wildman–Crippen LogP) is 1.84. The molecule has 0 spiro atoms. The molecule has 0 bridgehead atoms. The second-order valence-corrected chi connectivity index (χ2v) is 2.63. The minimum atomic E-state index is 0.468. The molecule has 0 aliphatic rings. The van der Waals surface area contributed by atoms with Gasteiger partial charge in [-0.1, -0.05) is 17.7 Å². The number of rotatable bonds is 2. The van der Waals surface area contributed by atoms with Crippen LogP contribution < -0.4 is 11.1 Å². The minimum absolute atomic E-state index is 0.468. The normalized spacial score (nSPS) is 9.73. The molecule has 60 valence electrons. The van der Waals surface area contributed by atoms with Gasteiger partial charge in [0.05, 0.1) is 0 Å². The first kappa shape index (κ1) is 8.37. The molecule has 0 aliphatic heterocycles. The molecule has 3 N–H and O–H groups in total. The molecular formula is C8H11ClN2. The number of halogens is 1. The standard InChI is InChI=1S/C8H11ClN2/c1-11-8-4-2-3-7(9)6(8)5-10/h2-4,11H,5,10H2,1H3. The summed E-state index contributed by atoms with van der Waals surface area (Å²) in [5.74, 6) is 0. The van der Waals surface area contributed by atoms with Crippen LogP contribution in [0.25, 0.3) is 0 Å². The van der Waals surface area contributed by atoms with E-state index >= 15 is 0 Å². The van der Waals surface area contributed by atoms with Gasteiger partial charge in [-0.2, -0.15) is 0 Å². The third-order valence-corrected chi connectivity index (χ3v) is 1.95. The third kappa shape index (κ3) is 1.64. The molecular weight excluding hydrogens is 160 g/mol. The van der Waals surface area contributed by atoms with Crippen LogP contribution in [0.15, 0.2) is 18.2 Å². The molecule has 1 aromatic rings. The Bertz CT molecular complexity index is 248. The van der Waals surface area contributed by atoms with E-state index in [0.29, 0.717) is 6.54 Å². The van der Waals surface area contributed by atoms with Crippen LogP contribution in [0.2, 0.25) is 5.02 Å². The van der Waals surface area contributed by atoms with Crippen LogP contribution in [0.4, 0.5) is 5.69 Å². The van der Waals surface area contributed by atoms with Crippen molar-refractivity contribution in [3.63, 3.8) is 0 Å². The maximum Gasteiger partial charge on any atom is 0.0471 e. The van der Waals surface area contributed by atoms with Crippen molar-refractivity contribution in [2.24, 2.45) is 5.73 Å². The molecule has 1 rings (SSSR count). The molecule has 1 aromatic carbocycles. The van der Waals surface area contributed by atoms with Gasteiger partial charge < -0.3 is 11.1 Å². The van der Waals surface area contributed by atoms with E-state index in [1.54, 1.807) is 0 Å². The molecule has 0 atom stereocenters. The van der Waals surface area contributed by atoms with Gasteiger partial charge >= 0.3 is 0 Å². The number of benzene rings is 1. The Morgan fingerprint density at radius 3 is 2.73 bits per heavy atom. The first-order chi connectivity index (χ1) is 5.29. The van der Waals surface area contributed by atoms with E-state index in [0.717, 1.165) is 16.3 Å². The fraction of sp³-hybridized carbons (Fsp3) is 0.250. The minimum Gasteiger partial charge on any atom is -0.388 e. The summed E-state index contributed by atoms with van der Waals surface area (Å²) in [6.45, 7) is 0.468. The summed E-state index contributed by atoms with van der Waals surface area (Å²) in [6, 6.07) is 5.69. The summed E-state index contributed by atoms with van der Waals surface area (Å²) < 4.78 is 0. The highest BCUT2D eigenvalue weighted by Crippen LogP contribution is 2.22. The summed E-state index contributed by atoms with van der Waals surface area (Å²) in [5.41, 5.74) is 7.47. The molecule has 0 saturated carbocycles. The van der Waals surface area contributed by atoms with Crippen molar-refractivity contribution in [1.82, 2.24) is 0 Å². The van der Waals surface area contributed by atoms with E-state index in [-0.39, 0.29) is 0 Å². The lowest BCUT2D eigenvalue weighted by Crippen LogP contribution is -2.02. The first-order valence-corrected chi connectivity index (χ1v) is 3.82. The van der Waals surface area contributed by atoms with Crippen LogP contribution in [-0.4, -0.2) is 7.05 Å². The second kappa shape index (κ2) is 3.60. The maximum atomic E-state index is 5.89. The van der Waals surface area contributed by atoms with Crippen LogP contribution in [0.1, 0.15) is 5.56 Å². The van der Waals surface area contributed by atoms with E-state index < -0.39 is 0 Å². The van der Waals surface area contributed by atoms with E-state index in [9.17, 15) is 0 Å². The largest absolute Gasteiger partial charge is 0.388 e. The Hall–Kier alpha value is -0.730. The average Bonchev–Trinajstić information content (AvgIpc) is 2.04. The summed E-state index contributed by atoms with van der Waals surface area (Å²) in [5, 5.41) is 3.74. The smallest absolute Gasteiger partial charge is 0.0471 e. The number of nitrogens with two attached hydrogens (primary N) is 1. The van der Waals surface area contributed by atoms with Gasteiger partial charge in [-0.05, 0) is 12.1 Å². The zero-order chi connectivity index (χ0) is 8.27. The zero-order valence-corrected chi connectivity index (χ0v) is 7.15. The van der Waals surface area contributed by atoms with Crippen LogP contribution in [0.5, 0.6) is 0 Å². The molecule has 2 nitrogen and oxygen atoms in total. The van der Waals surface area contributed by atoms with Gasteiger partial charge in [0.1, 0.15) is 0 Å². The summed E-state index contributed by atoms with van der Waals surface area (Å²) in [4.78, 5) is 0. The van der Waals surface area contributed by atoms with Gasteiger partial charge in [0, 0.05) is 29.9 Å². The topological polar surface area (TPSA) is 38.0 Å².